The molecule has 0 bridgehead atoms. The van der Waals surface area contributed by atoms with E-state index in [2.05, 4.69) is 27.2 Å². The quantitative estimate of drug-likeness (QED) is 0.713. The first-order chi connectivity index (χ1) is 12.7. The minimum absolute atomic E-state index is 0.0705. The van der Waals surface area contributed by atoms with E-state index in [1.165, 1.54) is 30.7 Å². The number of benzene rings is 1. The van der Waals surface area contributed by atoms with E-state index in [1.807, 2.05) is 24.3 Å². The summed E-state index contributed by atoms with van der Waals surface area (Å²) in [6, 6.07) is 7.47. The summed E-state index contributed by atoms with van der Waals surface area (Å²) in [7, 11) is 0. The summed E-state index contributed by atoms with van der Waals surface area (Å²) in [4.78, 5) is 26.9. The van der Waals surface area contributed by atoms with Crippen molar-refractivity contribution in [2.45, 2.75) is 51.6 Å². The van der Waals surface area contributed by atoms with Gasteiger partial charge in [0.25, 0.3) is 5.56 Å². The van der Waals surface area contributed by atoms with Crippen molar-refractivity contribution in [1.82, 2.24) is 19.9 Å². The normalized spacial score (nSPS) is 15.3. The standard InChI is InChI=1S/C20H24N4OS/c1-2-24(11-15-13-26-20(21-15)14-7-3-4-8-14)12-18-22-17-10-6-5-9-16(17)19(25)23-18/h5-6,9-10,13-14H,2-4,7-8,11-12H2,1H3,(H,22,23,25). The third kappa shape index (κ3) is 3.71. The lowest BCUT2D eigenvalue weighted by Gasteiger charge is -2.18. The Labute approximate surface area is 157 Å². The van der Waals surface area contributed by atoms with Crippen LogP contribution in [0.4, 0.5) is 0 Å². The van der Waals surface area contributed by atoms with Crippen molar-refractivity contribution in [3.05, 3.63) is 56.5 Å². The molecule has 0 aliphatic heterocycles. The highest BCUT2D eigenvalue weighted by atomic mass is 32.1. The molecule has 6 heteroatoms. The monoisotopic (exact) mass is 368 g/mol. The fraction of sp³-hybridized carbons (Fsp3) is 0.450. The number of hydrogen-bond donors (Lipinski definition) is 1. The van der Waals surface area contributed by atoms with Crippen LogP contribution < -0.4 is 5.56 Å². The molecule has 1 N–H and O–H groups in total. The molecule has 1 saturated carbocycles. The second kappa shape index (κ2) is 7.68. The molecule has 136 valence electrons. The lowest BCUT2D eigenvalue weighted by molar-refractivity contribution is 0.261. The van der Waals surface area contributed by atoms with Gasteiger partial charge in [0.05, 0.1) is 28.1 Å². The van der Waals surface area contributed by atoms with Crippen molar-refractivity contribution < 1.29 is 0 Å². The van der Waals surface area contributed by atoms with Crippen LogP contribution in [0.5, 0.6) is 0 Å². The molecule has 1 aliphatic rings. The van der Waals surface area contributed by atoms with Gasteiger partial charge in [-0.3, -0.25) is 9.69 Å². The van der Waals surface area contributed by atoms with E-state index < -0.39 is 0 Å². The minimum atomic E-state index is -0.0705. The van der Waals surface area contributed by atoms with Crippen molar-refractivity contribution in [2.24, 2.45) is 0 Å². The molecule has 1 aromatic carbocycles. The molecule has 0 unspecified atom stereocenters. The van der Waals surface area contributed by atoms with Crippen molar-refractivity contribution in [3.8, 4) is 0 Å². The van der Waals surface area contributed by atoms with E-state index >= 15 is 0 Å². The predicted molar refractivity (Wildman–Crippen MR) is 105 cm³/mol. The number of aromatic amines is 1. The topological polar surface area (TPSA) is 61.9 Å². The Balaban J connectivity index is 1.48. The van der Waals surface area contributed by atoms with Gasteiger partial charge in [-0.15, -0.1) is 11.3 Å². The van der Waals surface area contributed by atoms with Gasteiger partial charge >= 0.3 is 0 Å². The van der Waals surface area contributed by atoms with Crippen LogP contribution in [0.25, 0.3) is 10.9 Å². The van der Waals surface area contributed by atoms with E-state index in [4.69, 9.17) is 4.98 Å². The summed E-state index contributed by atoms with van der Waals surface area (Å²) in [6.45, 7) is 4.42. The molecule has 0 atom stereocenters. The second-order valence-corrected chi connectivity index (χ2v) is 7.88. The Morgan fingerprint density at radius 3 is 2.81 bits per heavy atom. The third-order valence-corrected chi connectivity index (χ3v) is 6.20. The molecular formula is C20H24N4OS. The van der Waals surface area contributed by atoms with Gasteiger partial charge in [-0.25, -0.2) is 9.97 Å². The Kier molecular flexibility index (Phi) is 5.13. The molecule has 0 saturated heterocycles. The van der Waals surface area contributed by atoms with Crippen molar-refractivity contribution >= 4 is 22.2 Å². The number of para-hydroxylation sites is 1. The van der Waals surface area contributed by atoms with Gasteiger partial charge in [-0.05, 0) is 31.5 Å². The number of nitrogens with zero attached hydrogens (tertiary/aromatic N) is 3. The summed E-state index contributed by atoms with van der Waals surface area (Å²) >= 11 is 1.80. The molecule has 0 radical (unpaired) electrons. The van der Waals surface area contributed by atoms with E-state index in [0.717, 1.165) is 24.3 Å². The number of rotatable bonds is 6. The van der Waals surface area contributed by atoms with Gasteiger partial charge < -0.3 is 4.98 Å². The van der Waals surface area contributed by atoms with Crippen LogP contribution in [0, 0.1) is 0 Å². The number of fused-ring (bicyclic) bond motifs is 1. The van der Waals surface area contributed by atoms with Gasteiger partial charge in [0.15, 0.2) is 0 Å². The molecule has 2 heterocycles. The van der Waals surface area contributed by atoms with E-state index in [1.54, 1.807) is 11.3 Å². The van der Waals surface area contributed by atoms with Crippen LogP contribution in [-0.4, -0.2) is 26.4 Å². The lowest BCUT2D eigenvalue weighted by Crippen LogP contribution is -2.25. The van der Waals surface area contributed by atoms with Crippen LogP contribution in [0.15, 0.2) is 34.4 Å². The third-order valence-electron chi connectivity index (χ3n) is 5.14. The predicted octanol–water partition coefficient (Wildman–Crippen LogP) is 4.06. The molecule has 1 aliphatic carbocycles. The zero-order valence-electron chi connectivity index (χ0n) is 15.1. The first kappa shape index (κ1) is 17.4. The van der Waals surface area contributed by atoms with Crippen LogP contribution >= 0.6 is 11.3 Å². The van der Waals surface area contributed by atoms with Gasteiger partial charge in [-0.1, -0.05) is 31.9 Å². The zero-order valence-corrected chi connectivity index (χ0v) is 15.9. The highest BCUT2D eigenvalue weighted by Crippen LogP contribution is 2.35. The van der Waals surface area contributed by atoms with E-state index in [9.17, 15) is 4.79 Å². The Morgan fingerprint density at radius 1 is 1.19 bits per heavy atom. The number of H-pyrrole nitrogens is 1. The van der Waals surface area contributed by atoms with Crippen molar-refractivity contribution in [1.29, 1.82) is 0 Å². The molecule has 1 fully saturated rings. The molecule has 26 heavy (non-hydrogen) atoms. The largest absolute Gasteiger partial charge is 0.309 e. The van der Waals surface area contributed by atoms with Crippen molar-refractivity contribution in [2.75, 3.05) is 6.54 Å². The van der Waals surface area contributed by atoms with Crippen molar-refractivity contribution in [3.63, 3.8) is 0 Å². The van der Waals surface area contributed by atoms with E-state index in [-0.39, 0.29) is 5.56 Å². The molecule has 0 amide bonds. The average molecular weight is 369 g/mol. The van der Waals surface area contributed by atoms with Gasteiger partial charge in [-0.2, -0.15) is 0 Å². The smallest absolute Gasteiger partial charge is 0.258 e. The number of aromatic nitrogens is 3. The average Bonchev–Trinajstić information content (AvgIpc) is 3.33. The molecule has 5 nitrogen and oxygen atoms in total. The maximum atomic E-state index is 12.3. The summed E-state index contributed by atoms with van der Waals surface area (Å²) < 4.78 is 0. The van der Waals surface area contributed by atoms with Crippen LogP contribution in [0.2, 0.25) is 0 Å². The molecule has 0 spiro atoms. The number of nitrogens with one attached hydrogen (secondary N) is 1. The molecule has 2 aromatic heterocycles. The highest BCUT2D eigenvalue weighted by Gasteiger charge is 2.20. The molecule has 4 rings (SSSR count). The van der Waals surface area contributed by atoms with Crippen LogP contribution in [0.3, 0.4) is 0 Å². The Morgan fingerprint density at radius 2 is 2.00 bits per heavy atom. The maximum Gasteiger partial charge on any atom is 0.258 e. The molecule has 3 aromatic rings. The summed E-state index contributed by atoms with van der Waals surface area (Å²) in [5, 5.41) is 4.12. The SMILES string of the molecule is CCN(Cc1csc(C2CCCC2)n1)Cc1nc2ccccc2c(=O)[nH]1. The van der Waals surface area contributed by atoms with E-state index in [0.29, 0.717) is 23.7 Å². The summed E-state index contributed by atoms with van der Waals surface area (Å²) in [5.41, 5.74) is 1.81. The zero-order chi connectivity index (χ0) is 17.9. The second-order valence-electron chi connectivity index (χ2n) is 6.99. The number of hydrogen-bond acceptors (Lipinski definition) is 5. The summed E-state index contributed by atoms with van der Waals surface area (Å²) in [5.74, 6) is 1.38. The fourth-order valence-electron chi connectivity index (χ4n) is 3.69. The van der Waals surface area contributed by atoms with Gasteiger partial charge in [0.1, 0.15) is 5.82 Å². The first-order valence-electron chi connectivity index (χ1n) is 9.37. The Hall–Kier alpha value is -2.05. The minimum Gasteiger partial charge on any atom is -0.309 e. The van der Waals surface area contributed by atoms with Gasteiger partial charge in [0, 0.05) is 17.8 Å². The highest BCUT2D eigenvalue weighted by molar-refractivity contribution is 7.09. The lowest BCUT2D eigenvalue weighted by atomic mass is 10.1. The number of thiazole rings is 1. The Bertz CT molecular complexity index is 942. The first-order valence-corrected chi connectivity index (χ1v) is 10.3. The summed E-state index contributed by atoms with van der Waals surface area (Å²) in [6.07, 6.45) is 5.24. The molecular weight excluding hydrogens is 344 g/mol. The maximum absolute atomic E-state index is 12.3. The van der Waals surface area contributed by atoms with Crippen LogP contribution in [-0.2, 0) is 13.1 Å². The van der Waals surface area contributed by atoms with Gasteiger partial charge in [0.2, 0.25) is 0 Å². The fourth-order valence-corrected chi connectivity index (χ4v) is 4.67. The van der Waals surface area contributed by atoms with Crippen LogP contribution in [0.1, 0.15) is 55.1 Å².